The second-order valence-electron chi connectivity index (χ2n) is 10.1. The Labute approximate surface area is 232 Å². The fourth-order valence-corrected chi connectivity index (χ4v) is 5.34. The molecular formula is C30H32FN7O2. The number of carbonyl (C=O) groups is 1. The number of carbonyl (C=O) groups excluding carboxylic acids is 1. The molecule has 1 amide bonds. The second kappa shape index (κ2) is 11.0. The van der Waals surface area contributed by atoms with Gasteiger partial charge in [0.2, 0.25) is 5.91 Å². The van der Waals surface area contributed by atoms with E-state index < -0.39 is 11.5 Å². The van der Waals surface area contributed by atoms with Crippen LogP contribution in [-0.4, -0.2) is 61.0 Å². The minimum atomic E-state index is -0.523. The standard InChI is InChI=1S/C30H32FN7O2/c1-6-10-23-27(18(3)13-14-32-23)38-29-26(33-20(5)25(34-29)21-11-8-9-12-22(21)31)28(35-30(38)40)37-16-15-36(17-19(37)4)24(39)7-2/h7-9,11-14,19H,2,6,10,15-17H2,1,3-5H3/t19-/m0/s1. The van der Waals surface area contributed by atoms with Crippen LogP contribution in [0.2, 0.25) is 0 Å². The number of aryl methyl sites for hydroxylation is 3. The van der Waals surface area contributed by atoms with Crippen LogP contribution in [0.1, 0.15) is 37.2 Å². The lowest BCUT2D eigenvalue weighted by molar-refractivity contribution is -0.126. The number of amides is 1. The number of nitrogens with zero attached hydrogens (tertiary/aromatic N) is 7. The maximum absolute atomic E-state index is 14.9. The van der Waals surface area contributed by atoms with Gasteiger partial charge in [0.25, 0.3) is 0 Å². The van der Waals surface area contributed by atoms with Gasteiger partial charge in [-0.25, -0.2) is 23.7 Å². The van der Waals surface area contributed by atoms with E-state index >= 15 is 0 Å². The summed E-state index contributed by atoms with van der Waals surface area (Å²) in [5, 5.41) is 0. The summed E-state index contributed by atoms with van der Waals surface area (Å²) in [6, 6.07) is 8.09. The Kier molecular flexibility index (Phi) is 7.42. The van der Waals surface area contributed by atoms with Crippen molar-refractivity contribution in [3.8, 4) is 16.9 Å². The number of halogens is 1. The average molecular weight is 542 g/mol. The number of rotatable bonds is 6. The smallest absolute Gasteiger partial charge is 0.348 e. The van der Waals surface area contributed by atoms with Gasteiger partial charge in [0.1, 0.15) is 11.3 Å². The summed E-state index contributed by atoms with van der Waals surface area (Å²) in [7, 11) is 0. The Morgan fingerprint density at radius 3 is 2.62 bits per heavy atom. The van der Waals surface area contributed by atoms with E-state index in [1.807, 2.05) is 31.7 Å². The molecule has 1 fully saturated rings. The predicted octanol–water partition coefficient (Wildman–Crippen LogP) is 4.17. The molecule has 5 rings (SSSR count). The van der Waals surface area contributed by atoms with Gasteiger partial charge in [-0.3, -0.25) is 9.78 Å². The van der Waals surface area contributed by atoms with Crippen LogP contribution in [0.25, 0.3) is 28.1 Å². The van der Waals surface area contributed by atoms with E-state index in [1.165, 1.54) is 16.7 Å². The lowest BCUT2D eigenvalue weighted by Gasteiger charge is -2.40. The summed E-state index contributed by atoms with van der Waals surface area (Å²) in [5.41, 5.74) is 3.56. The van der Waals surface area contributed by atoms with E-state index in [2.05, 4.69) is 16.5 Å². The molecule has 1 saturated heterocycles. The van der Waals surface area contributed by atoms with E-state index in [4.69, 9.17) is 9.97 Å². The number of aromatic nitrogens is 5. The van der Waals surface area contributed by atoms with E-state index in [0.717, 1.165) is 17.7 Å². The van der Waals surface area contributed by atoms with Crippen molar-refractivity contribution in [1.29, 1.82) is 0 Å². The molecule has 0 unspecified atom stereocenters. The number of benzene rings is 1. The Morgan fingerprint density at radius 1 is 1.15 bits per heavy atom. The van der Waals surface area contributed by atoms with Crippen LogP contribution >= 0.6 is 0 Å². The van der Waals surface area contributed by atoms with Gasteiger partial charge in [-0.2, -0.15) is 4.98 Å². The molecule has 0 aliphatic carbocycles. The minimum absolute atomic E-state index is 0.139. The average Bonchev–Trinajstić information content (AvgIpc) is 2.94. The number of fused-ring (bicyclic) bond motifs is 1. The van der Waals surface area contributed by atoms with Crippen LogP contribution in [0.5, 0.6) is 0 Å². The molecule has 0 radical (unpaired) electrons. The molecular weight excluding hydrogens is 509 g/mol. The van der Waals surface area contributed by atoms with Crippen molar-refractivity contribution >= 4 is 22.9 Å². The van der Waals surface area contributed by atoms with Crippen LogP contribution in [0.3, 0.4) is 0 Å². The number of hydrogen-bond donors (Lipinski definition) is 0. The van der Waals surface area contributed by atoms with Crippen molar-refractivity contribution in [2.24, 2.45) is 0 Å². The first-order chi connectivity index (χ1) is 19.2. The van der Waals surface area contributed by atoms with E-state index in [1.54, 1.807) is 36.2 Å². The Balaban J connectivity index is 1.80. The molecule has 1 aromatic carbocycles. The fourth-order valence-electron chi connectivity index (χ4n) is 5.34. The topological polar surface area (TPSA) is 97.1 Å². The maximum Gasteiger partial charge on any atom is 0.356 e. The van der Waals surface area contributed by atoms with E-state index in [0.29, 0.717) is 60.0 Å². The maximum atomic E-state index is 14.9. The van der Waals surface area contributed by atoms with E-state index in [-0.39, 0.29) is 17.6 Å². The molecule has 40 heavy (non-hydrogen) atoms. The van der Waals surface area contributed by atoms with Crippen molar-refractivity contribution in [3.05, 3.63) is 82.4 Å². The monoisotopic (exact) mass is 541 g/mol. The first-order valence-corrected chi connectivity index (χ1v) is 13.4. The van der Waals surface area contributed by atoms with Gasteiger partial charge in [0.05, 0.1) is 22.8 Å². The fraction of sp³-hybridized carbons (Fsp3) is 0.333. The number of anilines is 1. The third-order valence-electron chi connectivity index (χ3n) is 7.30. The highest BCUT2D eigenvalue weighted by atomic mass is 19.1. The normalized spacial score (nSPS) is 15.5. The summed E-state index contributed by atoms with van der Waals surface area (Å²) in [6.07, 6.45) is 4.52. The van der Waals surface area contributed by atoms with Crippen LogP contribution in [-0.2, 0) is 11.2 Å². The van der Waals surface area contributed by atoms with Crippen molar-refractivity contribution in [1.82, 2.24) is 29.4 Å². The lowest BCUT2D eigenvalue weighted by Crippen LogP contribution is -2.54. The number of piperazine rings is 1. The first kappa shape index (κ1) is 27.1. The highest BCUT2D eigenvalue weighted by molar-refractivity contribution is 5.89. The zero-order chi connectivity index (χ0) is 28.6. The molecule has 1 atom stereocenters. The lowest BCUT2D eigenvalue weighted by atomic mass is 10.1. The largest absolute Gasteiger partial charge is 0.356 e. The molecule has 0 N–H and O–H groups in total. The van der Waals surface area contributed by atoms with Gasteiger partial charge < -0.3 is 9.80 Å². The SMILES string of the molecule is C=CC(=O)N1CCN(c2nc(=O)n(-c3c(C)ccnc3CCC)c3nc(-c4ccccc4F)c(C)nc23)[C@@H](C)C1. The van der Waals surface area contributed by atoms with Crippen LogP contribution in [0.15, 0.2) is 54.0 Å². The van der Waals surface area contributed by atoms with Crippen molar-refractivity contribution in [3.63, 3.8) is 0 Å². The van der Waals surface area contributed by atoms with Crippen LogP contribution in [0, 0.1) is 19.7 Å². The summed E-state index contributed by atoms with van der Waals surface area (Å²) in [4.78, 5) is 48.8. The zero-order valence-electron chi connectivity index (χ0n) is 23.2. The Hall–Kier alpha value is -4.47. The molecule has 1 aliphatic rings. The molecule has 4 aromatic rings. The molecule has 9 nitrogen and oxygen atoms in total. The van der Waals surface area contributed by atoms with E-state index in [9.17, 15) is 14.0 Å². The van der Waals surface area contributed by atoms with Gasteiger partial charge in [0.15, 0.2) is 11.5 Å². The predicted molar refractivity (Wildman–Crippen MR) is 153 cm³/mol. The molecule has 0 spiro atoms. The van der Waals surface area contributed by atoms with Crippen molar-refractivity contribution in [2.75, 3.05) is 24.5 Å². The minimum Gasteiger partial charge on any atom is -0.348 e. The van der Waals surface area contributed by atoms with Crippen LogP contribution in [0.4, 0.5) is 10.2 Å². The second-order valence-corrected chi connectivity index (χ2v) is 10.1. The van der Waals surface area contributed by atoms with Gasteiger partial charge in [-0.15, -0.1) is 0 Å². The summed E-state index contributed by atoms with van der Waals surface area (Å²) >= 11 is 0. The third-order valence-corrected chi connectivity index (χ3v) is 7.30. The molecule has 0 saturated carbocycles. The number of hydrogen-bond acceptors (Lipinski definition) is 7. The molecule has 4 heterocycles. The van der Waals surface area contributed by atoms with Gasteiger partial charge in [-0.05, 0) is 57.0 Å². The first-order valence-electron chi connectivity index (χ1n) is 13.4. The molecule has 3 aromatic heterocycles. The highest BCUT2D eigenvalue weighted by Gasteiger charge is 2.30. The van der Waals surface area contributed by atoms with Crippen molar-refractivity contribution in [2.45, 2.75) is 46.6 Å². The van der Waals surface area contributed by atoms with Crippen LogP contribution < -0.4 is 10.6 Å². The summed E-state index contributed by atoms with van der Waals surface area (Å²) < 4.78 is 16.4. The quantitative estimate of drug-likeness (QED) is 0.338. The van der Waals surface area contributed by atoms with Crippen molar-refractivity contribution < 1.29 is 9.18 Å². The molecule has 0 bridgehead atoms. The third kappa shape index (κ3) is 4.74. The van der Waals surface area contributed by atoms with Gasteiger partial charge in [-0.1, -0.05) is 32.1 Å². The van der Waals surface area contributed by atoms with Gasteiger partial charge >= 0.3 is 5.69 Å². The Morgan fingerprint density at radius 2 is 1.93 bits per heavy atom. The molecule has 1 aliphatic heterocycles. The summed E-state index contributed by atoms with van der Waals surface area (Å²) in [6.45, 7) is 12.7. The summed E-state index contributed by atoms with van der Waals surface area (Å²) in [5.74, 6) is -0.174. The van der Waals surface area contributed by atoms with Gasteiger partial charge in [0, 0.05) is 37.4 Å². The number of pyridine rings is 1. The Bertz CT molecular complexity index is 1680. The highest BCUT2D eigenvalue weighted by Crippen LogP contribution is 2.31. The molecule has 206 valence electrons. The zero-order valence-corrected chi connectivity index (χ0v) is 23.2. The molecule has 10 heteroatoms.